The van der Waals surface area contributed by atoms with Gasteiger partial charge in [-0.2, -0.15) is 0 Å². The van der Waals surface area contributed by atoms with Crippen molar-refractivity contribution in [2.45, 2.75) is 0 Å². The molecule has 0 aromatic rings. The van der Waals surface area contributed by atoms with Crippen LogP contribution in [0.1, 0.15) is 0 Å². The Bertz CT molecular complexity index is 20.0. The Morgan fingerprint density at radius 3 is 2.25 bits per heavy atom. The molecule has 3 heteroatoms. The van der Waals surface area contributed by atoms with E-state index in [0.29, 0.717) is 0 Å². The molecule has 0 atom stereocenters. The summed E-state index contributed by atoms with van der Waals surface area (Å²) < 4.78 is 3.67. The van der Waals surface area contributed by atoms with Gasteiger partial charge in [0.25, 0.3) is 6.47 Å². The standard InChI is InChI=1S/CHO2Si/c2-1-3-4/h1H. The van der Waals surface area contributed by atoms with Crippen molar-refractivity contribution in [1.82, 2.24) is 0 Å². The first-order chi connectivity index (χ1) is 1.91. The summed E-state index contributed by atoms with van der Waals surface area (Å²) >= 11 is 0. The molecule has 0 aromatic carbocycles. The summed E-state index contributed by atoms with van der Waals surface area (Å²) in [6.07, 6.45) is 0. The van der Waals surface area contributed by atoms with Crippen LogP contribution in [0, 0.1) is 0 Å². The van der Waals surface area contributed by atoms with Gasteiger partial charge >= 0.3 is 10.5 Å². The van der Waals surface area contributed by atoms with Crippen LogP contribution in [0.25, 0.3) is 0 Å². The number of hydrogen-bond donors (Lipinski definition) is 0. The first kappa shape index (κ1) is 3.69. The molecule has 0 heterocycles. The van der Waals surface area contributed by atoms with Crippen LogP contribution in [0.5, 0.6) is 0 Å². The Morgan fingerprint density at radius 1 is 2.00 bits per heavy atom. The lowest BCUT2D eigenvalue weighted by molar-refractivity contribution is -0.120. The molecule has 0 aliphatic heterocycles. The van der Waals surface area contributed by atoms with Gasteiger partial charge in [-0.05, 0) is 0 Å². The zero-order valence-corrected chi connectivity index (χ0v) is 2.89. The molecule has 21 valence electrons. The van der Waals surface area contributed by atoms with E-state index in [1.165, 1.54) is 0 Å². The van der Waals surface area contributed by atoms with Gasteiger partial charge < -0.3 is 4.43 Å². The predicted molar refractivity (Wildman–Crippen MR) is 12.9 cm³/mol. The highest BCUT2D eigenvalue weighted by molar-refractivity contribution is 6.01. The van der Waals surface area contributed by atoms with E-state index in [0.717, 1.165) is 0 Å². The van der Waals surface area contributed by atoms with Gasteiger partial charge in [0.15, 0.2) is 0 Å². The van der Waals surface area contributed by atoms with Crippen molar-refractivity contribution in [2.75, 3.05) is 0 Å². The maximum atomic E-state index is 8.90. The molecule has 0 rings (SSSR count). The quantitative estimate of drug-likeness (QED) is 0.301. The Morgan fingerprint density at radius 2 is 2.25 bits per heavy atom. The third kappa shape index (κ3) is 1.69. The fourth-order valence-corrected chi connectivity index (χ4v) is 0. The SMILES string of the molecule is O=CO[Si]. The van der Waals surface area contributed by atoms with E-state index in [9.17, 15) is 0 Å². The fourth-order valence-electron chi connectivity index (χ4n) is 0. The van der Waals surface area contributed by atoms with Crippen LogP contribution in [0.4, 0.5) is 0 Å². The van der Waals surface area contributed by atoms with Crippen molar-refractivity contribution >= 4 is 17.0 Å². The Balaban J connectivity index is 2.30. The van der Waals surface area contributed by atoms with E-state index < -0.39 is 0 Å². The second kappa shape index (κ2) is 2.69. The molecule has 0 aliphatic rings. The third-order valence-corrected chi connectivity index (χ3v) is 0.144. The number of hydrogen-bond acceptors (Lipinski definition) is 2. The zero-order valence-electron chi connectivity index (χ0n) is 1.89. The normalized spacial score (nSPS) is 5.25. The Labute approximate surface area is 27.3 Å². The topological polar surface area (TPSA) is 26.3 Å². The molecule has 0 fully saturated rings. The molecule has 0 amide bonds. The molecule has 0 N–H and O–H groups in total. The molecule has 0 saturated carbocycles. The summed E-state index contributed by atoms with van der Waals surface area (Å²) in [5.74, 6) is 0. The first-order valence-electron chi connectivity index (χ1n) is 0.676. The molecule has 0 saturated heterocycles. The van der Waals surface area contributed by atoms with E-state index in [1.807, 2.05) is 0 Å². The van der Waals surface area contributed by atoms with Gasteiger partial charge in [0.1, 0.15) is 0 Å². The molecule has 2 nitrogen and oxygen atoms in total. The summed E-state index contributed by atoms with van der Waals surface area (Å²) in [5.41, 5.74) is 0. The van der Waals surface area contributed by atoms with Gasteiger partial charge in [-0.1, -0.05) is 0 Å². The van der Waals surface area contributed by atoms with Crippen LogP contribution < -0.4 is 0 Å². The number of carbonyl (C=O) groups is 1. The summed E-state index contributed by atoms with van der Waals surface area (Å²) in [7, 11) is 2.42. The maximum absolute atomic E-state index is 8.90. The summed E-state index contributed by atoms with van der Waals surface area (Å²) in [6, 6.07) is 0. The molecular weight excluding hydrogens is 72.1 g/mol. The van der Waals surface area contributed by atoms with Gasteiger partial charge in [-0.3, -0.25) is 4.79 Å². The van der Waals surface area contributed by atoms with Gasteiger partial charge in [0.2, 0.25) is 0 Å². The van der Waals surface area contributed by atoms with Crippen LogP contribution in [0.3, 0.4) is 0 Å². The van der Waals surface area contributed by atoms with Crippen molar-refractivity contribution in [1.29, 1.82) is 0 Å². The smallest absolute Gasteiger partial charge is 0.344 e. The van der Waals surface area contributed by atoms with E-state index >= 15 is 0 Å². The van der Waals surface area contributed by atoms with Crippen molar-refractivity contribution in [3.8, 4) is 0 Å². The van der Waals surface area contributed by atoms with Crippen LogP contribution in [0.15, 0.2) is 0 Å². The van der Waals surface area contributed by atoms with E-state index in [4.69, 9.17) is 4.79 Å². The maximum Gasteiger partial charge on any atom is 0.344 e. The van der Waals surface area contributed by atoms with Crippen molar-refractivity contribution in [3.63, 3.8) is 0 Å². The minimum absolute atomic E-state index is 0.289. The monoisotopic (exact) mass is 73.0 g/mol. The van der Waals surface area contributed by atoms with Gasteiger partial charge in [-0.15, -0.1) is 0 Å². The summed E-state index contributed by atoms with van der Waals surface area (Å²) in [6.45, 7) is 0.289. The van der Waals surface area contributed by atoms with E-state index in [1.54, 1.807) is 0 Å². The lowest BCUT2D eigenvalue weighted by Gasteiger charge is -1.65. The van der Waals surface area contributed by atoms with Gasteiger partial charge in [0, 0.05) is 0 Å². The van der Waals surface area contributed by atoms with Crippen molar-refractivity contribution < 1.29 is 9.22 Å². The molecule has 0 unspecified atom stereocenters. The molecule has 4 heavy (non-hydrogen) atoms. The summed E-state index contributed by atoms with van der Waals surface area (Å²) in [5, 5.41) is 0. The molecule has 0 bridgehead atoms. The van der Waals surface area contributed by atoms with Gasteiger partial charge in [-0.25, -0.2) is 0 Å². The lowest BCUT2D eigenvalue weighted by atomic mass is 11.7. The molecular formula is CHO2Si. The second-order valence-electron chi connectivity index (χ2n) is 0.214. The number of rotatable bonds is 1. The average molecular weight is 73.1 g/mol. The highest BCUT2D eigenvalue weighted by Gasteiger charge is 1.47. The largest absolute Gasteiger partial charge is 0.518 e. The van der Waals surface area contributed by atoms with Gasteiger partial charge in [0.05, 0.1) is 0 Å². The minimum atomic E-state index is 0.289. The Hall–Kier alpha value is -0.313. The van der Waals surface area contributed by atoms with Crippen molar-refractivity contribution in [3.05, 3.63) is 0 Å². The second-order valence-corrected chi connectivity index (χ2v) is 0.450. The van der Waals surface area contributed by atoms with E-state index in [-0.39, 0.29) is 6.47 Å². The fraction of sp³-hybridized carbons (Fsp3) is 0. The molecule has 3 radical (unpaired) electrons. The summed E-state index contributed by atoms with van der Waals surface area (Å²) in [4.78, 5) is 8.90. The van der Waals surface area contributed by atoms with Crippen LogP contribution in [0.2, 0.25) is 0 Å². The minimum Gasteiger partial charge on any atom is -0.518 e. The molecule has 0 aromatic heterocycles. The molecule has 0 spiro atoms. The van der Waals surface area contributed by atoms with Crippen LogP contribution >= 0.6 is 0 Å². The third-order valence-electron chi connectivity index (χ3n) is 0.0481. The van der Waals surface area contributed by atoms with E-state index in [2.05, 4.69) is 14.9 Å². The van der Waals surface area contributed by atoms with Crippen LogP contribution in [-0.2, 0) is 9.22 Å². The zero-order chi connectivity index (χ0) is 3.41. The highest BCUT2D eigenvalue weighted by Crippen LogP contribution is 1.32. The predicted octanol–water partition coefficient (Wildman–Crippen LogP) is -0.757. The average Bonchev–Trinajstić information content (AvgIpc) is 1.37. The molecule has 0 aliphatic carbocycles. The highest BCUT2D eigenvalue weighted by atomic mass is 28.2. The number of carbonyl (C=O) groups excluding carboxylic acids is 1. The lowest BCUT2D eigenvalue weighted by Crippen LogP contribution is -1.71. The van der Waals surface area contributed by atoms with Crippen LogP contribution in [-0.4, -0.2) is 17.0 Å². The Kier molecular flexibility index (Phi) is 2.48. The first-order valence-corrected chi connectivity index (χ1v) is 1.08. The van der Waals surface area contributed by atoms with Crippen molar-refractivity contribution in [2.24, 2.45) is 0 Å².